The zero-order valence-electron chi connectivity index (χ0n) is 8.20. The normalized spacial score (nSPS) is 12.2. The third-order valence-corrected chi connectivity index (χ3v) is 1.77. The lowest BCUT2D eigenvalue weighted by atomic mass is 10.0. The molecular weight excluding hydrogens is 176 g/mol. The van der Waals surface area contributed by atoms with Crippen LogP contribution in [0, 0.1) is 5.92 Å². The van der Waals surface area contributed by atoms with Crippen LogP contribution in [0.4, 0.5) is 0 Å². The summed E-state index contributed by atoms with van der Waals surface area (Å²) < 4.78 is 0. The van der Waals surface area contributed by atoms with Crippen molar-refractivity contribution < 1.29 is 4.79 Å². The Kier molecular flexibility index (Phi) is 7.44. The minimum atomic E-state index is -0.00935. The van der Waals surface area contributed by atoms with Gasteiger partial charge in [0.1, 0.15) is 0 Å². The van der Waals surface area contributed by atoms with Gasteiger partial charge in [0.05, 0.1) is 0 Å². The summed E-state index contributed by atoms with van der Waals surface area (Å²) in [7, 11) is 3.49. The van der Waals surface area contributed by atoms with Gasteiger partial charge in [0.25, 0.3) is 0 Å². The third kappa shape index (κ3) is 5.38. The smallest absolute Gasteiger partial charge is 0.223 e. The number of halogens is 1. The maximum absolute atomic E-state index is 11.1. The molecule has 0 fully saturated rings. The highest BCUT2D eigenvalue weighted by Crippen LogP contribution is 2.03. The number of nitrogens with zero attached hydrogens (tertiary/aromatic N) is 1. The summed E-state index contributed by atoms with van der Waals surface area (Å²) in [6.45, 7) is 4.04. The van der Waals surface area contributed by atoms with Crippen molar-refractivity contribution in [1.82, 2.24) is 4.90 Å². The molecule has 0 saturated heterocycles. The maximum atomic E-state index is 11.1. The molecule has 0 aromatic rings. The molecule has 1 unspecified atom stereocenters. The Morgan fingerprint density at radius 3 is 2.08 bits per heavy atom. The molecule has 0 aromatic heterocycles. The van der Waals surface area contributed by atoms with Crippen molar-refractivity contribution in [2.75, 3.05) is 14.1 Å². The first-order chi connectivity index (χ1) is 4.95. The van der Waals surface area contributed by atoms with Crippen molar-refractivity contribution in [2.24, 2.45) is 11.7 Å². The van der Waals surface area contributed by atoms with Crippen molar-refractivity contribution >= 4 is 18.3 Å². The molecule has 0 heterocycles. The van der Waals surface area contributed by atoms with Crippen LogP contribution in [0.25, 0.3) is 0 Å². The fraction of sp³-hybridized carbons (Fsp3) is 0.875. The molecule has 0 aliphatic rings. The second kappa shape index (κ2) is 6.26. The van der Waals surface area contributed by atoms with Crippen LogP contribution in [0.15, 0.2) is 0 Å². The highest BCUT2D eigenvalue weighted by Gasteiger charge is 2.13. The maximum Gasteiger partial charge on any atom is 0.223 e. The number of carbonyl (C=O) groups excluding carboxylic acids is 1. The van der Waals surface area contributed by atoms with E-state index in [1.807, 2.05) is 13.8 Å². The van der Waals surface area contributed by atoms with E-state index in [1.165, 1.54) is 0 Å². The fourth-order valence-corrected chi connectivity index (χ4v) is 0.620. The molecule has 0 rings (SSSR count). The largest absolute Gasteiger partial charge is 0.349 e. The average molecular weight is 195 g/mol. The van der Waals surface area contributed by atoms with Gasteiger partial charge in [-0.3, -0.25) is 4.79 Å². The van der Waals surface area contributed by atoms with Gasteiger partial charge in [0, 0.05) is 26.6 Å². The van der Waals surface area contributed by atoms with Gasteiger partial charge < -0.3 is 10.6 Å². The quantitative estimate of drug-likeness (QED) is 0.725. The van der Waals surface area contributed by atoms with Gasteiger partial charge in [-0.05, 0) is 5.92 Å². The lowest BCUT2D eigenvalue weighted by molar-refractivity contribution is -0.129. The number of amides is 1. The second-order valence-corrected chi connectivity index (χ2v) is 3.40. The lowest BCUT2D eigenvalue weighted by Gasteiger charge is -2.17. The second-order valence-electron chi connectivity index (χ2n) is 3.40. The summed E-state index contributed by atoms with van der Waals surface area (Å²) in [6.07, 6.45) is 0.449. The summed E-state index contributed by atoms with van der Waals surface area (Å²) in [5, 5.41) is 0. The first kappa shape index (κ1) is 14.3. The van der Waals surface area contributed by atoms with Crippen LogP contribution in [0.2, 0.25) is 0 Å². The third-order valence-electron chi connectivity index (χ3n) is 1.77. The number of carbonyl (C=O) groups is 1. The van der Waals surface area contributed by atoms with E-state index in [4.69, 9.17) is 5.73 Å². The predicted molar refractivity (Wildman–Crippen MR) is 53.4 cm³/mol. The molecule has 0 aliphatic heterocycles. The Hall–Kier alpha value is -0.280. The van der Waals surface area contributed by atoms with E-state index in [1.54, 1.807) is 19.0 Å². The Morgan fingerprint density at radius 1 is 1.42 bits per heavy atom. The summed E-state index contributed by atoms with van der Waals surface area (Å²) in [6, 6.07) is -0.00935. The SMILES string of the molecule is CC(C)C(N)CC(=O)N(C)C.Cl. The minimum Gasteiger partial charge on any atom is -0.349 e. The monoisotopic (exact) mass is 194 g/mol. The predicted octanol–water partition coefficient (Wildman–Crippen LogP) is 0.870. The summed E-state index contributed by atoms with van der Waals surface area (Å²) >= 11 is 0. The molecule has 74 valence electrons. The highest BCUT2D eigenvalue weighted by atomic mass is 35.5. The van der Waals surface area contributed by atoms with E-state index in [0.717, 1.165) is 0 Å². The van der Waals surface area contributed by atoms with Gasteiger partial charge in [-0.25, -0.2) is 0 Å². The molecule has 0 aliphatic carbocycles. The number of hydrogen-bond acceptors (Lipinski definition) is 2. The van der Waals surface area contributed by atoms with Crippen molar-refractivity contribution in [2.45, 2.75) is 26.3 Å². The van der Waals surface area contributed by atoms with Crippen LogP contribution in [0.1, 0.15) is 20.3 Å². The zero-order valence-corrected chi connectivity index (χ0v) is 9.02. The Labute approximate surface area is 80.7 Å². The Balaban J connectivity index is 0. The van der Waals surface area contributed by atoms with Gasteiger partial charge >= 0.3 is 0 Å². The lowest BCUT2D eigenvalue weighted by Crippen LogP contribution is -2.34. The van der Waals surface area contributed by atoms with Crippen LogP contribution in [-0.2, 0) is 4.79 Å². The van der Waals surface area contributed by atoms with Gasteiger partial charge in [-0.15, -0.1) is 12.4 Å². The first-order valence-corrected chi connectivity index (χ1v) is 3.91. The zero-order chi connectivity index (χ0) is 9.02. The van der Waals surface area contributed by atoms with Crippen LogP contribution in [0.5, 0.6) is 0 Å². The van der Waals surface area contributed by atoms with Crippen molar-refractivity contribution in [3.63, 3.8) is 0 Å². The topological polar surface area (TPSA) is 46.3 Å². The van der Waals surface area contributed by atoms with E-state index in [9.17, 15) is 4.79 Å². The van der Waals surface area contributed by atoms with Crippen molar-refractivity contribution in [3.8, 4) is 0 Å². The summed E-state index contributed by atoms with van der Waals surface area (Å²) in [4.78, 5) is 12.7. The number of nitrogens with two attached hydrogens (primary N) is 1. The highest BCUT2D eigenvalue weighted by molar-refractivity contribution is 5.85. The molecule has 12 heavy (non-hydrogen) atoms. The van der Waals surface area contributed by atoms with Crippen LogP contribution in [0.3, 0.4) is 0 Å². The molecular formula is C8H19ClN2O. The summed E-state index contributed by atoms with van der Waals surface area (Å²) in [5.74, 6) is 0.477. The summed E-state index contributed by atoms with van der Waals surface area (Å²) in [5.41, 5.74) is 5.71. The standard InChI is InChI=1S/C8H18N2O.ClH/c1-6(2)7(9)5-8(11)10(3)4;/h6-7H,5,9H2,1-4H3;1H. The Morgan fingerprint density at radius 2 is 1.83 bits per heavy atom. The molecule has 0 spiro atoms. The van der Waals surface area contributed by atoms with Gasteiger partial charge in [0.2, 0.25) is 5.91 Å². The minimum absolute atomic E-state index is 0. The van der Waals surface area contributed by atoms with E-state index >= 15 is 0 Å². The first-order valence-electron chi connectivity index (χ1n) is 3.91. The van der Waals surface area contributed by atoms with Gasteiger partial charge in [0.15, 0.2) is 0 Å². The number of hydrogen-bond donors (Lipinski definition) is 1. The fourth-order valence-electron chi connectivity index (χ4n) is 0.620. The Bertz CT molecular complexity index is 137. The molecule has 4 heteroatoms. The molecule has 2 N–H and O–H groups in total. The van der Waals surface area contributed by atoms with Crippen molar-refractivity contribution in [3.05, 3.63) is 0 Å². The molecule has 3 nitrogen and oxygen atoms in total. The molecule has 0 aromatic carbocycles. The van der Waals surface area contributed by atoms with Crippen LogP contribution >= 0.6 is 12.4 Å². The molecule has 1 atom stereocenters. The van der Waals surface area contributed by atoms with E-state index in [0.29, 0.717) is 12.3 Å². The average Bonchev–Trinajstić information content (AvgIpc) is 1.87. The molecule has 1 amide bonds. The number of rotatable bonds is 3. The van der Waals surface area contributed by atoms with E-state index in [2.05, 4.69) is 0 Å². The molecule has 0 bridgehead atoms. The van der Waals surface area contributed by atoms with E-state index < -0.39 is 0 Å². The van der Waals surface area contributed by atoms with Crippen LogP contribution < -0.4 is 5.73 Å². The van der Waals surface area contributed by atoms with Gasteiger partial charge in [-0.2, -0.15) is 0 Å². The van der Waals surface area contributed by atoms with E-state index in [-0.39, 0.29) is 24.4 Å². The van der Waals surface area contributed by atoms with Crippen molar-refractivity contribution in [1.29, 1.82) is 0 Å². The van der Waals surface area contributed by atoms with Crippen LogP contribution in [-0.4, -0.2) is 30.9 Å². The molecule has 0 saturated carbocycles. The van der Waals surface area contributed by atoms with Gasteiger partial charge in [-0.1, -0.05) is 13.8 Å². The molecule has 0 radical (unpaired) electrons.